The van der Waals surface area contributed by atoms with E-state index in [2.05, 4.69) is 20.4 Å². The van der Waals surface area contributed by atoms with Crippen LogP contribution >= 0.6 is 0 Å². The number of Topliss-reactive ketones (excluding diaryl/α,β-unsaturated/α-hetero) is 1. The zero-order chi connectivity index (χ0) is 26.6. The minimum atomic E-state index is -1.05. The second-order valence-electron chi connectivity index (χ2n) is 10.5. The summed E-state index contributed by atoms with van der Waals surface area (Å²) >= 11 is 0. The van der Waals surface area contributed by atoms with Gasteiger partial charge in [-0.3, -0.25) is 14.4 Å². The average Bonchev–Trinajstić information content (AvgIpc) is 3.06. The molecule has 2 aliphatic carbocycles. The van der Waals surface area contributed by atoms with Crippen molar-refractivity contribution in [2.24, 2.45) is 35.5 Å². The highest BCUT2D eigenvalue weighted by atomic mass is 16.6. The van der Waals surface area contributed by atoms with E-state index in [1.165, 1.54) is 13.0 Å². The van der Waals surface area contributed by atoms with Crippen molar-refractivity contribution in [3.8, 4) is 0 Å². The topological polar surface area (TPSA) is 96.0 Å². The third-order valence-corrected chi connectivity index (χ3v) is 7.74. The van der Waals surface area contributed by atoms with E-state index >= 15 is 0 Å². The maximum atomic E-state index is 13.7. The van der Waals surface area contributed by atoms with E-state index in [4.69, 9.17) is 14.2 Å². The molecule has 7 heteroatoms. The molecule has 0 bridgehead atoms. The molecule has 0 spiro atoms. The smallest absolute Gasteiger partial charge is 0.331 e. The van der Waals surface area contributed by atoms with Crippen molar-refractivity contribution in [2.75, 3.05) is 0 Å². The number of fused-ring (bicyclic) bond motifs is 1. The van der Waals surface area contributed by atoms with Crippen LogP contribution in [0.2, 0.25) is 0 Å². The highest BCUT2D eigenvalue weighted by molar-refractivity contribution is 5.92. The molecule has 35 heavy (non-hydrogen) atoms. The summed E-state index contributed by atoms with van der Waals surface area (Å²) in [6, 6.07) is 0. The fourth-order valence-corrected chi connectivity index (χ4v) is 5.46. The third-order valence-electron chi connectivity index (χ3n) is 7.74. The normalized spacial score (nSPS) is 30.5. The van der Waals surface area contributed by atoms with Gasteiger partial charge in [0.2, 0.25) is 0 Å². The SMILES string of the molecule is C=C1[C@@H]2[C@H]([C@H]([C@H](C)OC(C)=O)C(=O)[C@@H]2OC(=O)[C@H](C)CC)[C@@H](C(C)C)C[C@@H]1OC(=O)/C=C(\C)CC. The fraction of sp³-hybridized carbons (Fsp3) is 0.714. The number of hydrogen-bond donors (Lipinski definition) is 0. The van der Waals surface area contributed by atoms with Crippen LogP contribution in [0.3, 0.4) is 0 Å². The van der Waals surface area contributed by atoms with Crippen molar-refractivity contribution < 1.29 is 33.4 Å². The molecule has 0 radical (unpaired) electrons. The Morgan fingerprint density at radius 1 is 1.09 bits per heavy atom. The molecule has 2 aliphatic rings. The van der Waals surface area contributed by atoms with Crippen LogP contribution < -0.4 is 0 Å². The van der Waals surface area contributed by atoms with Crippen LogP contribution in [0.25, 0.3) is 0 Å². The van der Waals surface area contributed by atoms with Gasteiger partial charge in [0.25, 0.3) is 0 Å². The zero-order valence-electron chi connectivity index (χ0n) is 22.5. The summed E-state index contributed by atoms with van der Waals surface area (Å²) in [5.41, 5.74) is 1.48. The van der Waals surface area contributed by atoms with Crippen molar-refractivity contribution in [3.63, 3.8) is 0 Å². The lowest BCUT2D eigenvalue weighted by atomic mass is 9.63. The van der Waals surface area contributed by atoms with E-state index in [1.807, 2.05) is 20.8 Å². The molecule has 196 valence electrons. The third kappa shape index (κ3) is 6.42. The number of ether oxygens (including phenoxy) is 3. The number of rotatable bonds is 9. The molecule has 0 aromatic carbocycles. The van der Waals surface area contributed by atoms with E-state index in [0.29, 0.717) is 18.4 Å². The number of allylic oxidation sites excluding steroid dienone is 1. The first-order valence-corrected chi connectivity index (χ1v) is 12.8. The predicted octanol–water partition coefficient (Wildman–Crippen LogP) is 4.83. The predicted molar refractivity (Wildman–Crippen MR) is 132 cm³/mol. The van der Waals surface area contributed by atoms with Gasteiger partial charge in [-0.25, -0.2) is 4.79 Å². The summed E-state index contributed by atoms with van der Waals surface area (Å²) in [5.74, 6) is -3.27. The Bertz CT molecular complexity index is 871. The standard InChI is InChI=1S/C28H42O7/c1-10-15(5)12-22(30)34-21-13-20(14(3)4)25-23(17(21)7)27(35-28(32)16(6)11-2)26(31)24(25)18(8)33-19(9)29/h12,14,16,18,20-21,23-25,27H,7,10-11,13H2,1-6,8-9H3/b15-12+/t16-,18+,20-,21+,23-,24+,25-,27-/m1/s1. The Kier molecular flexibility index (Phi) is 9.87. The number of esters is 3. The van der Waals surface area contributed by atoms with Crippen LogP contribution in [-0.2, 0) is 33.4 Å². The zero-order valence-corrected chi connectivity index (χ0v) is 22.5. The molecule has 0 heterocycles. The van der Waals surface area contributed by atoms with Gasteiger partial charge in [-0.15, -0.1) is 0 Å². The molecule has 2 rings (SSSR count). The minimum Gasteiger partial charge on any atom is -0.462 e. The molecule has 2 fully saturated rings. The van der Waals surface area contributed by atoms with E-state index in [1.54, 1.807) is 13.8 Å². The monoisotopic (exact) mass is 490 g/mol. The van der Waals surface area contributed by atoms with Gasteiger partial charge in [0.15, 0.2) is 11.9 Å². The summed E-state index contributed by atoms with van der Waals surface area (Å²) in [7, 11) is 0. The number of carbonyl (C=O) groups excluding carboxylic acids is 4. The highest BCUT2D eigenvalue weighted by Gasteiger charge is 2.61. The van der Waals surface area contributed by atoms with Crippen LogP contribution in [0.1, 0.15) is 74.7 Å². The van der Waals surface area contributed by atoms with Crippen molar-refractivity contribution in [1.29, 1.82) is 0 Å². The van der Waals surface area contributed by atoms with Crippen LogP contribution in [-0.4, -0.2) is 42.0 Å². The van der Waals surface area contributed by atoms with Crippen LogP contribution in [0.15, 0.2) is 23.8 Å². The molecule has 8 atom stereocenters. The van der Waals surface area contributed by atoms with Gasteiger partial charge >= 0.3 is 17.9 Å². The average molecular weight is 491 g/mol. The summed E-state index contributed by atoms with van der Waals surface area (Å²) in [5, 5.41) is 0. The highest BCUT2D eigenvalue weighted by Crippen LogP contribution is 2.54. The van der Waals surface area contributed by atoms with Gasteiger partial charge in [0.05, 0.1) is 11.8 Å². The lowest BCUT2D eigenvalue weighted by Gasteiger charge is -2.44. The number of ketones is 1. The molecule has 7 nitrogen and oxygen atoms in total. The molecular weight excluding hydrogens is 448 g/mol. The Hall–Kier alpha value is -2.44. The van der Waals surface area contributed by atoms with E-state index in [9.17, 15) is 19.2 Å². The maximum Gasteiger partial charge on any atom is 0.331 e. The number of hydrogen-bond acceptors (Lipinski definition) is 7. The lowest BCUT2D eigenvalue weighted by molar-refractivity contribution is -0.161. The van der Waals surface area contributed by atoms with Gasteiger partial charge in [-0.05, 0) is 56.4 Å². The molecule has 0 aromatic heterocycles. The largest absolute Gasteiger partial charge is 0.462 e. The number of carbonyl (C=O) groups is 4. The van der Waals surface area contributed by atoms with Gasteiger partial charge < -0.3 is 14.2 Å². The Labute approximate surface area is 209 Å². The summed E-state index contributed by atoms with van der Waals surface area (Å²) in [4.78, 5) is 50.8. The minimum absolute atomic E-state index is 0.0289. The van der Waals surface area contributed by atoms with Crippen molar-refractivity contribution in [1.82, 2.24) is 0 Å². The van der Waals surface area contributed by atoms with E-state index < -0.39 is 48.1 Å². The first kappa shape index (κ1) is 28.8. The van der Waals surface area contributed by atoms with Crippen LogP contribution in [0.5, 0.6) is 0 Å². The molecule has 0 aromatic rings. The van der Waals surface area contributed by atoms with Crippen molar-refractivity contribution in [2.45, 2.75) is 93.0 Å². The van der Waals surface area contributed by atoms with Gasteiger partial charge in [0, 0.05) is 18.9 Å². The molecular formula is C28H42O7. The summed E-state index contributed by atoms with van der Waals surface area (Å²) < 4.78 is 17.1. The molecule has 0 amide bonds. The second-order valence-corrected chi connectivity index (χ2v) is 10.5. The molecule has 0 unspecified atom stereocenters. The first-order valence-electron chi connectivity index (χ1n) is 12.8. The Balaban J connectivity index is 2.50. The Morgan fingerprint density at radius 2 is 1.71 bits per heavy atom. The van der Waals surface area contributed by atoms with Gasteiger partial charge in [0.1, 0.15) is 12.2 Å². The summed E-state index contributed by atoms with van der Waals surface area (Å²) in [6.07, 6.45) is 0.978. The first-order chi connectivity index (χ1) is 16.3. The quantitative estimate of drug-likeness (QED) is 0.198. The lowest BCUT2D eigenvalue weighted by Crippen LogP contribution is -2.45. The van der Waals surface area contributed by atoms with Gasteiger partial charge in [-0.2, -0.15) is 0 Å². The maximum absolute atomic E-state index is 13.7. The molecule has 0 N–H and O–H groups in total. The fourth-order valence-electron chi connectivity index (χ4n) is 5.46. The van der Waals surface area contributed by atoms with Crippen molar-refractivity contribution >= 4 is 23.7 Å². The van der Waals surface area contributed by atoms with Gasteiger partial charge in [-0.1, -0.05) is 46.8 Å². The summed E-state index contributed by atoms with van der Waals surface area (Å²) in [6.45, 7) is 18.9. The second kappa shape index (κ2) is 12.0. The van der Waals surface area contributed by atoms with Crippen molar-refractivity contribution in [3.05, 3.63) is 23.8 Å². The van der Waals surface area contributed by atoms with Crippen LogP contribution in [0, 0.1) is 35.5 Å². The molecule has 0 aliphatic heterocycles. The van der Waals surface area contributed by atoms with Crippen LogP contribution in [0.4, 0.5) is 0 Å². The molecule has 0 saturated heterocycles. The van der Waals surface area contributed by atoms with E-state index in [0.717, 1.165) is 12.0 Å². The Morgan fingerprint density at radius 3 is 2.23 bits per heavy atom. The van der Waals surface area contributed by atoms with E-state index in [-0.39, 0.29) is 29.5 Å². The molecule has 2 saturated carbocycles.